The Morgan fingerprint density at radius 3 is 2.57 bits per heavy atom. The van der Waals surface area contributed by atoms with Crippen LogP contribution in [0, 0.1) is 0 Å². The van der Waals surface area contributed by atoms with Gasteiger partial charge in [0, 0.05) is 18.4 Å². The summed E-state index contributed by atoms with van der Waals surface area (Å²) in [5.41, 5.74) is 4.32. The van der Waals surface area contributed by atoms with E-state index in [1.165, 1.54) is 11.1 Å². The second-order valence-corrected chi connectivity index (χ2v) is 5.10. The average Bonchev–Trinajstić information content (AvgIpc) is 2.55. The molecule has 0 radical (unpaired) electrons. The summed E-state index contributed by atoms with van der Waals surface area (Å²) in [5, 5.41) is 16.6. The van der Waals surface area contributed by atoms with E-state index in [4.69, 9.17) is 0 Å². The zero-order valence-electron chi connectivity index (χ0n) is 12.1. The Balaban J connectivity index is 2.03. The van der Waals surface area contributed by atoms with E-state index in [1.54, 1.807) is 12.1 Å². The van der Waals surface area contributed by atoms with Gasteiger partial charge in [0.05, 0.1) is 5.90 Å². The second-order valence-electron chi connectivity index (χ2n) is 5.10. The lowest BCUT2D eigenvalue weighted by atomic mass is 9.96. The van der Waals surface area contributed by atoms with Gasteiger partial charge in [-0.3, -0.25) is 0 Å². The molecule has 0 bridgehead atoms. The van der Waals surface area contributed by atoms with E-state index in [1.807, 2.05) is 28.9 Å². The summed E-state index contributed by atoms with van der Waals surface area (Å²) in [5.74, 6) is -0.180. The molecule has 0 aliphatic carbocycles. The van der Waals surface area contributed by atoms with Crippen LogP contribution in [0.15, 0.2) is 59.7 Å². The maximum absolute atomic E-state index is 12.3. The summed E-state index contributed by atoms with van der Waals surface area (Å²) in [4.78, 5) is 0. The van der Waals surface area contributed by atoms with Crippen LogP contribution in [-0.4, -0.2) is 22.8 Å². The van der Waals surface area contributed by atoms with Crippen molar-refractivity contribution < 1.29 is 9.79 Å². The lowest BCUT2D eigenvalue weighted by molar-refractivity contribution is -0.539. The molecule has 0 spiro atoms. The Kier molecular flexibility index (Phi) is 3.82. The summed E-state index contributed by atoms with van der Waals surface area (Å²) in [6.07, 6.45) is 1.79. The van der Waals surface area contributed by atoms with Gasteiger partial charge in [-0.05, 0) is 22.3 Å². The van der Waals surface area contributed by atoms with Crippen LogP contribution < -0.4 is 5.11 Å². The normalized spacial score (nSPS) is 15.0. The molecule has 0 atom stereocenters. The highest BCUT2D eigenvalue weighted by molar-refractivity contribution is 5.99. The minimum Gasteiger partial charge on any atom is -0.854 e. The number of hydrogen-bond donors (Lipinski definition) is 0. The van der Waals surface area contributed by atoms with Crippen molar-refractivity contribution in [3.63, 3.8) is 0 Å². The molecule has 1 heterocycles. The van der Waals surface area contributed by atoms with Crippen LogP contribution in [0.5, 0.6) is 0 Å². The molecular weight excluding hydrogens is 260 g/mol. The van der Waals surface area contributed by atoms with Crippen molar-refractivity contribution in [2.24, 2.45) is 5.10 Å². The Bertz CT molecular complexity index is 702. The number of fused-ring (bicyclic) bond motifs is 1. The molecule has 0 saturated heterocycles. The van der Waals surface area contributed by atoms with E-state index in [-0.39, 0.29) is 5.90 Å². The Morgan fingerprint density at radius 2 is 1.81 bits per heavy atom. The number of rotatable bonds is 3. The topological polar surface area (TPSA) is 38.4 Å². The summed E-state index contributed by atoms with van der Waals surface area (Å²) < 4.78 is 1.87. The smallest absolute Gasteiger partial charge is 0.215 e. The van der Waals surface area contributed by atoms with Crippen molar-refractivity contribution in [2.45, 2.75) is 19.8 Å². The lowest BCUT2D eigenvalue weighted by Crippen LogP contribution is -2.30. The van der Waals surface area contributed by atoms with Crippen LogP contribution in [0.25, 0.3) is 0 Å². The number of hydrazone groups is 1. The first kappa shape index (κ1) is 13.6. The fraction of sp³-hybridized carbons (Fsp3) is 0.222. The lowest BCUT2D eigenvalue weighted by Gasteiger charge is -2.16. The molecule has 1 aliphatic rings. The van der Waals surface area contributed by atoms with E-state index < -0.39 is 0 Å². The predicted molar refractivity (Wildman–Crippen MR) is 82.7 cm³/mol. The zero-order valence-corrected chi connectivity index (χ0v) is 12.1. The minimum atomic E-state index is -0.180. The summed E-state index contributed by atoms with van der Waals surface area (Å²) in [7, 11) is 0. The molecule has 0 fully saturated rings. The summed E-state index contributed by atoms with van der Waals surface area (Å²) in [6.45, 7) is 2.87. The maximum atomic E-state index is 12.3. The van der Waals surface area contributed by atoms with Crippen molar-refractivity contribution in [1.29, 1.82) is 0 Å². The molecule has 0 aromatic heterocycles. The molecule has 0 N–H and O–H groups in total. The third-order valence-corrected chi connectivity index (χ3v) is 3.80. The SMILES string of the molecule is CCC1=[N+](/N=C(\[O-])c2ccccc2)CCc2ccccc21. The van der Waals surface area contributed by atoms with Gasteiger partial charge in [-0.1, -0.05) is 60.1 Å². The third-order valence-electron chi connectivity index (χ3n) is 3.80. The summed E-state index contributed by atoms with van der Waals surface area (Å²) >= 11 is 0. The van der Waals surface area contributed by atoms with E-state index in [2.05, 4.69) is 30.2 Å². The Labute approximate surface area is 124 Å². The van der Waals surface area contributed by atoms with Gasteiger partial charge >= 0.3 is 0 Å². The molecule has 2 aromatic rings. The van der Waals surface area contributed by atoms with Gasteiger partial charge in [-0.2, -0.15) is 0 Å². The molecule has 3 rings (SSSR count). The van der Waals surface area contributed by atoms with E-state index in [9.17, 15) is 5.11 Å². The molecule has 1 aliphatic heterocycles. The highest BCUT2D eigenvalue weighted by Crippen LogP contribution is 2.17. The molecule has 0 saturated carbocycles. The number of hydrogen-bond acceptors (Lipinski definition) is 2. The van der Waals surface area contributed by atoms with Gasteiger partial charge in [0.2, 0.25) is 5.71 Å². The van der Waals surface area contributed by atoms with E-state index >= 15 is 0 Å². The van der Waals surface area contributed by atoms with Crippen LogP contribution >= 0.6 is 0 Å². The average molecular weight is 278 g/mol. The van der Waals surface area contributed by atoms with Crippen molar-refractivity contribution in [3.05, 3.63) is 71.3 Å². The number of nitrogens with zero attached hydrogens (tertiary/aromatic N) is 2. The van der Waals surface area contributed by atoms with Crippen LogP contribution in [0.3, 0.4) is 0 Å². The molecule has 3 heteroatoms. The van der Waals surface area contributed by atoms with Gasteiger partial charge in [0.1, 0.15) is 0 Å². The van der Waals surface area contributed by atoms with Crippen molar-refractivity contribution in [2.75, 3.05) is 6.54 Å². The molecule has 0 amide bonds. The minimum absolute atomic E-state index is 0.180. The first-order chi connectivity index (χ1) is 10.3. The third kappa shape index (κ3) is 2.72. The molecule has 106 valence electrons. The number of benzene rings is 2. The molecular formula is C18H18N2O. The Morgan fingerprint density at radius 1 is 1.10 bits per heavy atom. The standard InChI is InChI=1S/C18H18N2O/c1-2-17-16-11-7-6-8-14(16)12-13-20(17)19-18(21)15-9-4-3-5-10-15/h3-11H,2,12-13H2,1H3. The second kappa shape index (κ2) is 5.92. The van der Waals surface area contributed by atoms with Crippen molar-refractivity contribution in [1.82, 2.24) is 0 Å². The first-order valence-electron chi connectivity index (χ1n) is 7.32. The largest absolute Gasteiger partial charge is 0.854 e. The molecule has 3 nitrogen and oxygen atoms in total. The van der Waals surface area contributed by atoms with Gasteiger partial charge in [0.25, 0.3) is 0 Å². The highest BCUT2D eigenvalue weighted by atomic mass is 16.3. The fourth-order valence-electron chi connectivity index (χ4n) is 2.75. The first-order valence-corrected chi connectivity index (χ1v) is 7.32. The van der Waals surface area contributed by atoms with Crippen molar-refractivity contribution in [3.8, 4) is 0 Å². The van der Waals surface area contributed by atoms with Crippen LogP contribution in [-0.2, 0) is 6.42 Å². The molecule has 2 aromatic carbocycles. The molecule has 21 heavy (non-hydrogen) atoms. The van der Waals surface area contributed by atoms with Crippen LogP contribution in [0.2, 0.25) is 0 Å². The fourth-order valence-corrected chi connectivity index (χ4v) is 2.75. The Hall–Kier alpha value is -2.42. The maximum Gasteiger partial charge on any atom is 0.215 e. The van der Waals surface area contributed by atoms with Gasteiger partial charge in [0.15, 0.2) is 6.54 Å². The zero-order chi connectivity index (χ0) is 14.7. The van der Waals surface area contributed by atoms with Gasteiger partial charge in [-0.25, -0.2) is 0 Å². The van der Waals surface area contributed by atoms with Crippen LogP contribution in [0.1, 0.15) is 30.0 Å². The van der Waals surface area contributed by atoms with Gasteiger partial charge < -0.3 is 5.11 Å². The predicted octanol–water partition coefficient (Wildman–Crippen LogP) is 2.18. The van der Waals surface area contributed by atoms with Gasteiger partial charge in [-0.15, -0.1) is 0 Å². The highest BCUT2D eigenvalue weighted by Gasteiger charge is 2.24. The molecule has 0 unspecified atom stereocenters. The van der Waals surface area contributed by atoms with Crippen molar-refractivity contribution >= 4 is 11.6 Å². The van der Waals surface area contributed by atoms with E-state index in [0.717, 1.165) is 25.1 Å². The summed E-state index contributed by atoms with van der Waals surface area (Å²) in [6, 6.07) is 17.6. The monoisotopic (exact) mass is 278 g/mol. The quantitative estimate of drug-likeness (QED) is 0.482. The van der Waals surface area contributed by atoms with E-state index in [0.29, 0.717) is 5.56 Å². The van der Waals surface area contributed by atoms with Crippen LogP contribution in [0.4, 0.5) is 0 Å².